The van der Waals surface area contributed by atoms with Crippen molar-refractivity contribution in [1.82, 2.24) is 14.9 Å². The number of methoxy groups -OCH3 is 1. The lowest BCUT2D eigenvalue weighted by Gasteiger charge is -2.25. The fourth-order valence-electron chi connectivity index (χ4n) is 5.47. The number of aromatic nitrogens is 2. The van der Waals surface area contributed by atoms with Crippen molar-refractivity contribution in [3.8, 4) is 11.8 Å². The van der Waals surface area contributed by atoms with E-state index in [4.69, 9.17) is 10.00 Å². The second kappa shape index (κ2) is 7.47. The first-order valence-electron chi connectivity index (χ1n) is 10.8. The Bertz CT molecular complexity index is 1130. The van der Waals surface area contributed by atoms with Gasteiger partial charge in [0.05, 0.1) is 24.3 Å². The first kappa shape index (κ1) is 19.2. The highest BCUT2D eigenvalue weighted by atomic mass is 16.5. The average molecular weight is 409 g/mol. The summed E-state index contributed by atoms with van der Waals surface area (Å²) < 4.78 is 7.53. The molecule has 8 heteroatoms. The fourth-order valence-corrected chi connectivity index (χ4v) is 5.47. The number of hydrogen-bond donors (Lipinski definition) is 2. The second-order valence-electron chi connectivity index (χ2n) is 8.75. The number of H-pyrrole nitrogens is 1. The zero-order chi connectivity index (χ0) is 20.8. The quantitative estimate of drug-likeness (QED) is 0.705. The Kier molecular flexibility index (Phi) is 4.78. The molecular weight excluding hydrogens is 382 g/mol. The molecule has 2 heterocycles. The highest BCUT2D eigenvalue weighted by Crippen LogP contribution is 2.45. The van der Waals surface area contributed by atoms with Crippen LogP contribution >= 0.6 is 0 Å². The van der Waals surface area contributed by atoms with Crippen molar-refractivity contribution in [3.63, 3.8) is 0 Å². The molecule has 0 bridgehead atoms. The largest absolute Gasteiger partial charge is 0.492 e. The van der Waals surface area contributed by atoms with Crippen molar-refractivity contribution in [3.05, 3.63) is 33.0 Å². The predicted octanol–water partition coefficient (Wildman–Crippen LogP) is 1.75. The molecule has 2 N–H and O–H groups in total. The van der Waals surface area contributed by atoms with Crippen LogP contribution in [-0.4, -0.2) is 42.3 Å². The van der Waals surface area contributed by atoms with Gasteiger partial charge in [0.2, 0.25) is 0 Å². The summed E-state index contributed by atoms with van der Waals surface area (Å²) in [6.07, 6.45) is 4.74. The third-order valence-electron chi connectivity index (χ3n) is 6.99. The maximum absolute atomic E-state index is 12.6. The van der Waals surface area contributed by atoms with E-state index in [0.29, 0.717) is 41.0 Å². The number of nitrogens with zero attached hydrogens (tertiary/aromatic N) is 3. The van der Waals surface area contributed by atoms with Crippen LogP contribution in [0.15, 0.2) is 21.7 Å². The van der Waals surface area contributed by atoms with Gasteiger partial charge in [-0.05, 0) is 49.7 Å². The molecule has 0 radical (unpaired) electrons. The van der Waals surface area contributed by atoms with E-state index in [0.717, 1.165) is 44.6 Å². The van der Waals surface area contributed by atoms with Crippen LogP contribution in [0.2, 0.25) is 0 Å². The molecule has 3 unspecified atom stereocenters. The lowest BCUT2D eigenvalue weighted by molar-refractivity contribution is 0.393. The molecule has 5 rings (SSSR count). The normalized spacial score (nSPS) is 25.5. The van der Waals surface area contributed by atoms with Crippen LogP contribution in [0, 0.1) is 23.2 Å². The minimum atomic E-state index is -0.364. The maximum atomic E-state index is 12.6. The van der Waals surface area contributed by atoms with Crippen LogP contribution in [0.25, 0.3) is 10.9 Å². The number of anilines is 1. The Balaban J connectivity index is 1.51. The van der Waals surface area contributed by atoms with Gasteiger partial charge in [-0.3, -0.25) is 14.3 Å². The molecule has 3 aliphatic rings. The standard InChI is InChI=1S/C22H27N5O3/c1-30-20-18(26-11-13-3-7-17(16(13)12-26)24-10-2-9-23)8-6-15-19(20)27(14-4-5-14)22(29)25-21(15)28/h6,8,13-14,16-17,24H,2-5,7,10-12H2,1H3,(H,25,28,29). The Morgan fingerprint density at radius 3 is 2.80 bits per heavy atom. The lowest BCUT2D eigenvalue weighted by atomic mass is 9.98. The summed E-state index contributed by atoms with van der Waals surface area (Å²) in [5.74, 6) is 1.76. The number of aromatic amines is 1. The molecule has 3 atom stereocenters. The third kappa shape index (κ3) is 3.08. The monoisotopic (exact) mass is 409 g/mol. The molecule has 2 aliphatic carbocycles. The van der Waals surface area contributed by atoms with Gasteiger partial charge in [-0.25, -0.2) is 4.79 Å². The zero-order valence-corrected chi connectivity index (χ0v) is 17.2. The first-order valence-corrected chi connectivity index (χ1v) is 10.8. The number of nitriles is 1. The Morgan fingerprint density at radius 1 is 1.23 bits per heavy atom. The number of benzene rings is 1. The summed E-state index contributed by atoms with van der Waals surface area (Å²) in [6.45, 7) is 2.59. The van der Waals surface area contributed by atoms with Crippen molar-refractivity contribution in [2.24, 2.45) is 11.8 Å². The van der Waals surface area contributed by atoms with E-state index in [1.807, 2.05) is 12.1 Å². The van der Waals surface area contributed by atoms with E-state index >= 15 is 0 Å². The number of hydrogen-bond acceptors (Lipinski definition) is 6. The van der Waals surface area contributed by atoms with Gasteiger partial charge in [0.15, 0.2) is 5.75 Å². The summed E-state index contributed by atoms with van der Waals surface area (Å²) in [5, 5.41) is 12.9. The molecule has 30 heavy (non-hydrogen) atoms. The summed E-state index contributed by atoms with van der Waals surface area (Å²) in [6, 6.07) is 6.55. The molecule has 8 nitrogen and oxygen atoms in total. The van der Waals surface area contributed by atoms with Gasteiger partial charge in [-0.2, -0.15) is 5.26 Å². The molecule has 1 aromatic carbocycles. The highest BCUT2D eigenvalue weighted by Gasteiger charge is 2.43. The SMILES string of the molecule is COc1c(N2CC3CCC(NCCC#N)C3C2)ccc2c(=O)[nH]c(=O)n(C3CC3)c12. The Labute approximate surface area is 174 Å². The predicted molar refractivity (Wildman–Crippen MR) is 114 cm³/mol. The fraction of sp³-hybridized carbons (Fsp3) is 0.591. The summed E-state index contributed by atoms with van der Waals surface area (Å²) >= 11 is 0. The topological polar surface area (TPSA) is 103 Å². The summed E-state index contributed by atoms with van der Waals surface area (Å²) in [7, 11) is 1.62. The van der Waals surface area contributed by atoms with Crippen molar-refractivity contribution < 1.29 is 4.74 Å². The Morgan fingerprint density at radius 2 is 2.07 bits per heavy atom. The molecule has 0 spiro atoms. The van der Waals surface area contributed by atoms with E-state index in [2.05, 4.69) is 21.3 Å². The number of ether oxygens (including phenoxy) is 1. The van der Waals surface area contributed by atoms with Crippen molar-refractivity contribution in [2.45, 2.75) is 44.2 Å². The minimum absolute atomic E-state index is 0.132. The van der Waals surface area contributed by atoms with Crippen LogP contribution in [0.5, 0.6) is 5.75 Å². The molecule has 0 amide bonds. The molecule has 1 aromatic heterocycles. The third-order valence-corrected chi connectivity index (χ3v) is 6.99. The average Bonchev–Trinajstić information content (AvgIpc) is 3.36. The number of nitrogens with one attached hydrogen (secondary N) is 2. The molecular formula is C22H27N5O3. The van der Waals surface area contributed by atoms with Gasteiger partial charge in [-0.15, -0.1) is 0 Å². The molecule has 158 valence electrons. The van der Waals surface area contributed by atoms with E-state index in [1.54, 1.807) is 11.7 Å². The van der Waals surface area contributed by atoms with Gasteiger partial charge in [0.1, 0.15) is 5.52 Å². The van der Waals surface area contributed by atoms with E-state index < -0.39 is 0 Å². The molecule has 3 fully saturated rings. The maximum Gasteiger partial charge on any atom is 0.329 e. The van der Waals surface area contributed by atoms with Crippen LogP contribution in [0.4, 0.5) is 5.69 Å². The van der Waals surface area contributed by atoms with Crippen LogP contribution in [0.1, 0.15) is 38.1 Å². The molecule has 2 aromatic rings. The van der Waals surface area contributed by atoms with E-state index in [9.17, 15) is 9.59 Å². The van der Waals surface area contributed by atoms with Crippen LogP contribution < -0.4 is 26.2 Å². The summed E-state index contributed by atoms with van der Waals surface area (Å²) in [5.41, 5.74) is 0.851. The van der Waals surface area contributed by atoms with Gasteiger partial charge in [0, 0.05) is 38.1 Å². The summed E-state index contributed by atoms with van der Waals surface area (Å²) in [4.78, 5) is 29.8. The minimum Gasteiger partial charge on any atom is -0.492 e. The number of fused-ring (bicyclic) bond motifs is 2. The van der Waals surface area contributed by atoms with Crippen LogP contribution in [-0.2, 0) is 0 Å². The Hall–Kier alpha value is -2.79. The molecule has 1 saturated heterocycles. The lowest BCUT2D eigenvalue weighted by Crippen LogP contribution is -2.36. The number of rotatable bonds is 6. The van der Waals surface area contributed by atoms with Crippen LogP contribution in [0.3, 0.4) is 0 Å². The van der Waals surface area contributed by atoms with Crippen molar-refractivity contribution in [2.75, 3.05) is 31.6 Å². The zero-order valence-electron chi connectivity index (χ0n) is 17.2. The van der Waals surface area contributed by atoms with Gasteiger partial charge in [-0.1, -0.05) is 0 Å². The van der Waals surface area contributed by atoms with Crippen molar-refractivity contribution >= 4 is 16.6 Å². The van der Waals surface area contributed by atoms with Gasteiger partial charge < -0.3 is 15.0 Å². The first-order chi connectivity index (χ1) is 14.6. The highest BCUT2D eigenvalue weighted by molar-refractivity contribution is 5.90. The second-order valence-corrected chi connectivity index (χ2v) is 8.75. The molecule has 2 saturated carbocycles. The van der Waals surface area contributed by atoms with E-state index in [1.165, 1.54) is 6.42 Å². The van der Waals surface area contributed by atoms with E-state index in [-0.39, 0.29) is 17.3 Å². The molecule has 1 aliphatic heterocycles. The van der Waals surface area contributed by atoms with Crippen molar-refractivity contribution in [1.29, 1.82) is 5.26 Å². The van der Waals surface area contributed by atoms with Gasteiger partial charge in [0.25, 0.3) is 5.56 Å². The van der Waals surface area contributed by atoms with Gasteiger partial charge >= 0.3 is 5.69 Å². The smallest absolute Gasteiger partial charge is 0.329 e.